The molecule has 19 heavy (non-hydrogen) atoms. The van der Waals surface area contributed by atoms with Gasteiger partial charge in [0.05, 0.1) is 6.10 Å². The van der Waals surface area contributed by atoms with Gasteiger partial charge in [0, 0.05) is 6.04 Å². The van der Waals surface area contributed by atoms with Gasteiger partial charge in [-0.3, -0.25) is 0 Å². The average molecular weight is 259 g/mol. The second-order valence-corrected chi connectivity index (χ2v) is 6.05. The molecule has 0 spiro atoms. The zero-order valence-corrected chi connectivity index (χ0v) is 11.9. The van der Waals surface area contributed by atoms with E-state index in [4.69, 9.17) is 4.74 Å². The predicted molar refractivity (Wildman–Crippen MR) is 78.8 cm³/mol. The van der Waals surface area contributed by atoms with Crippen LogP contribution in [-0.4, -0.2) is 18.7 Å². The largest absolute Gasteiger partial charge is 0.490 e. The minimum Gasteiger partial charge on any atom is -0.490 e. The van der Waals surface area contributed by atoms with E-state index in [2.05, 4.69) is 36.5 Å². The zero-order chi connectivity index (χ0) is 13.1. The van der Waals surface area contributed by atoms with Crippen LogP contribution < -0.4 is 10.1 Å². The molecule has 2 saturated carbocycles. The summed E-state index contributed by atoms with van der Waals surface area (Å²) in [6.07, 6.45) is 8.14. The molecule has 3 rings (SSSR count). The molecule has 0 aromatic heterocycles. The maximum atomic E-state index is 5.80. The lowest BCUT2D eigenvalue weighted by Crippen LogP contribution is -2.26. The van der Waals surface area contributed by atoms with E-state index in [1.165, 1.54) is 44.1 Å². The van der Waals surface area contributed by atoms with Crippen LogP contribution in [-0.2, 0) is 0 Å². The Kier molecular flexibility index (Phi) is 4.07. The van der Waals surface area contributed by atoms with Crippen LogP contribution in [0.2, 0.25) is 0 Å². The average Bonchev–Trinajstić information content (AvgIpc) is 3.13. The molecule has 1 aromatic carbocycles. The van der Waals surface area contributed by atoms with Gasteiger partial charge in [0.2, 0.25) is 0 Å². The van der Waals surface area contributed by atoms with E-state index in [0.717, 1.165) is 24.3 Å². The second kappa shape index (κ2) is 5.96. The number of rotatable bonds is 6. The Morgan fingerprint density at radius 3 is 2.58 bits per heavy atom. The first kappa shape index (κ1) is 13.0. The number of ether oxygens (including phenoxy) is 1. The molecule has 2 aliphatic rings. The van der Waals surface area contributed by atoms with Crippen molar-refractivity contribution in [1.82, 2.24) is 5.32 Å². The molecule has 0 aliphatic heterocycles. The highest BCUT2D eigenvalue weighted by molar-refractivity contribution is 5.30. The minimum atomic E-state index is 0.500. The van der Waals surface area contributed by atoms with Crippen molar-refractivity contribution in [3.8, 4) is 5.75 Å². The first-order chi connectivity index (χ1) is 9.35. The highest BCUT2D eigenvalue weighted by atomic mass is 16.5. The van der Waals surface area contributed by atoms with Gasteiger partial charge in [0.1, 0.15) is 5.75 Å². The molecule has 0 saturated heterocycles. The first-order valence-corrected chi connectivity index (χ1v) is 7.85. The van der Waals surface area contributed by atoms with Gasteiger partial charge in [0.25, 0.3) is 0 Å². The van der Waals surface area contributed by atoms with Crippen molar-refractivity contribution in [3.63, 3.8) is 0 Å². The van der Waals surface area contributed by atoms with Gasteiger partial charge in [-0.1, -0.05) is 19.1 Å². The van der Waals surface area contributed by atoms with Crippen LogP contribution in [0.15, 0.2) is 24.3 Å². The molecule has 2 nitrogen and oxygen atoms in total. The van der Waals surface area contributed by atoms with Crippen molar-refractivity contribution in [2.24, 2.45) is 0 Å². The molecule has 0 heterocycles. The quantitative estimate of drug-likeness (QED) is 0.837. The Hall–Kier alpha value is -1.02. The van der Waals surface area contributed by atoms with E-state index in [1.807, 2.05) is 0 Å². The molecule has 2 fully saturated rings. The molecule has 104 valence electrons. The second-order valence-electron chi connectivity index (χ2n) is 6.05. The van der Waals surface area contributed by atoms with Crippen LogP contribution in [0.4, 0.5) is 0 Å². The van der Waals surface area contributed by atoms with Gasteiger partial charge in [-0.15, -0.1) is 0 Å². The highest BCUT2D eigenvalue weighted by Gasteiger charge is 2.26. The van der Waals surface area contributed by atoms with Crippen LogP contribution in [0.1, 0.15) is 56.9 Å². The predicted octanol–water partition coefficient (Wildman–Crippen LogP) is 3.86. The lowest BCUT2D eigenvalue weighted by molar-refractivity contribution is 0.303. The van der Waals surface area contributed by atoms with Crippen LogP contribution in [0, 0.1) is 0 Å². The summed E-state index contributed by atoms with van der Waals surface area (Å²) in [5, 5.41) is 3.65. The number of nitrogens with one attached hydrogen (secondary N) is 1. The number of hydrogen-bond acceptors (Lipinski definition) is 2. The van der Waals surface area contributed by atoms with Crippen molar-refractivity contribution >= 4 is 0 Å². The molecule has 2 heteroatoms. The first-order valence-electron chi connectivity index (χ1n) is 7.85. The molecule has 1 aromatic rings. The van der Waals surface area contributed by atoms with Gasteiger partial charge in [-0.25, -0.2) is 0 Å². The smallest absolute Gasteiger partial charge is 0.119 e. The molecule has 0 amide bonds. The van der Waals surface area contributed by atoms with Crippen LogP contribution in [0.5, 0.6) is 5.75 Å². The van der Waals surface area contributed by atoms with Gasteiger partial charge >= 0.3 is 0 Å². The summed E-state index contributed by atoms with van der Waals surface area (Å²) >= 11 is 0. The Morgan fingerprint density at radius 2 is 1.89 bits per heavy atom. The zero-order valence-electron chi connectivity index (χ0n) is 11.9. The van der Waals surface area contributed by atoms with E-state index in [9.17, 15) is 0 Å². The minimum absolute atomic E-state index is 0.500. The van der Waals surface area contributed by atoms with E-state index < -0.39 is 0 Å². The topological polar surface area (TPSA) is 21.3 Å². The Labute approximate surface area is 116 Å². The maximum Gasteiger partial charge on any atom is 0.119 e. The summed E-state index contributed by atoms with van der Waals surface area (Å²) < 4.78 is 5.80. The molecule has 2 aliphatic carbocycles. The molecule has 2 unspecified atom stereocenters. The summed E-state index contributed by atoms with van der Waals surface area (Å²) in [5.74, 6) is 1.79. The van der Waals surface area contributed by atoms with Gasteiger partial charge in [-0.2, -0.15) is 0 Å². The number of benzene rings is 1. The molecular formula is C17H25NO. The fourth-order valence-corrected chi connectivity index (χ4v) is 3.02. The van der Waals surface area contributed by atoms with Crippen molar-refractivity contribution in [3.05, 3.63) is 29.8 Å². The van der Waals surface area contributed by atoms with Gasteiger partial charge in [0.15, 0.2) is 0 Å². The maximum absolute atomic E-state index is 5.80. The van der Waals surface area contributed by atoms with E-state index in [1.54, 1.807) is 0 Å². The van der Waals surface area contributed by atoms with Crippen molar-refractivity contribution in [1.29, 1.82) is 0 Å². The van der Waals surface area contributed by atoms with Gasteiger partial charge in [-0.05, 0) is 68.7 Å². The summed E-state index contributed by atoms with van der Waals surface area (Å²) in [6.45, 7) is 3.39. The lowest BCUT2D eigenvalue weighted by Gasteiger charge is -2.13. The third-order valence-electron chi connectivity index (χ3n) is 4.29. The van der Waals surface area contributed by atoms with Crippen LogP contribution in [0.25, 0.3) is 0 Å². The third kappa shape index (κ3) is 3.50. The van der Waals surface area contributed by atoms with Gasteiger partial charge < -0.3 is 10.1 Å². The van der Waals surface area contributed by atoms with E-state index >= 15 is 0 Å². The fourth-order valence-electron chi connectivity index (χ4n) is 3.02. The van der Waals surface area contributed by atoms with Crippen LogP contribution >= 0.6 is 0 Å². The lowest BCUT2D eigenvalue weighted by atomic mass is 9.97. The number of hydrogen-bond donors (Lipinski definition) is 1. The molecule has 2 atom stereocenters. The molecule has 0 radical (unpaired) electrons. The fraction of sp³-hybridized carbons (Fsp3) is 0.647. The van der Waals surface area contributed by atoms with Crippen molar-refractivity contribution in [2.45, 2.75) is 63.5 Å². The normalized spacial score (nSPS) is 26.6. The summed E-state index contributed by atoms with van der Waals surface area (Å²) in [7, 11) is 0. The monoisotopic (exact) mass is 259 g/mol. The molecular weight excluding hydrogens is 234 g/mol. The molecule has 1 N–H and O–H groups in total. The van der Waals surface area contributed by atoms with Crippen molar-refractivity contribution in [2.75, 3.05) is 6.54 Å². The molecule has 0 bridgehead atoms. The highest BCUT2D eigenvalue weighted by Crippen LogP contribution is 2.35. The Bertz CT molecular complexity index is 396. The van der Waals surface area contributed by atoms with Crippen LogP contribution in [0.3, 0.4) is 0 Å². The van der Waals surface area contributed by atoms with Crippen molar-refractivity contribution < 1.29 is 4.74 Å². The summed E-state index contributed by atoms with van der Waals surface area (Å²) in [6, 6.07) is 9.57. The summed E-state index contributed by atoms with van der Waals surface area (Å²) in [5.41, 5.74) is 1.49. The van der Waals surface area contributed by atoms with E-state index in [-0.39, 0.29) is 0 Å². The third-order valence-corrected chi connectivity index (χ3v) is 4.29. The Morgan fingerprint density at radius 1 is 1.11 bits per heavy atom. The SMILES string of the molecule is CCCNC1CCC(c2ccc(OC3CC3)cc2)C1. The summed E-state index contributed by atoms with van der Waals surface area (Å²) in [4.78, 5) is 0. The van der Waals surface area contributed by atoms with E-state index in [0.29, 0.717) is 6.10 Å². The Balaban J connectivity index is 1.53. The standard InChI is InChI=1S/C17H25NO/c1-2-11-18-15-6-3-14(12-15)13-4-7-16(8-5-13)19-17-9-10-17/h4-5,7-8,14-15,17-18H,2-3,6,9-12H2,1H3.